The first-order chi connectivity index (χ1) is 10.9. The fraction of sp³-hybridized carbons (Fsp3) is 0.941. The molecule has 1 saturated heterocycles. The topological polar surface area (TPSA) is 32.3 Å². The van der Waals surface area contributed by atoms with Crippen molar-refractivity contribution in [3.63, 3.8) is 0 Å². The number of carbonyl (C=O) groups excluding carboxylic acids is 1. The summed E-state index contributed by atoms with van der Waals surface area (Å²) in [7, 11) is 0. The van der Waals surface area contributed by atoms with Gasteiger partial charge in [-0.3, -0.25) is 4.79 Å². The molecule has 3 fully saturated rings. The summed E-state index contributed by atoms with van der Waals surface area (Å²) in [5.41, 5.74) is 0. The lowest BCUT2D eigenvalue weighted by molar-refractivity contribution is -0.187. The van der Waals surface area contributed by atoms with Crippen LogP contribution in [0.25, 0.3) is 0 Å². The van der Waals surface area contributed by atoms with Gasteiger partial charge in [0.25, 0.3) is 0 Å². The SMILES string of the molecule is O=C(C1CCCC(C(F)(F)F)C1)N1CCC(NCC2CC2)CC1. The van der Waals surface area contributed by atoms with E-state index >= 15 is 0 Å². The number of nitrogens with zero attached hydrogens (tertiary/aromatic N) is 1. The predicted octanol–water partition coefficient (Wildman–Crippen LogP) is 3.35. The van der Waals surface area contributed by atoms with Gasteiger partial charge in [0.2, 0.25) is 5.91 Å². The van der Waals surface area contributed by atoms with Crippen molar-refractivity contribution in [3.8, 4) is 0 Å². The largest absolute Gasteiger partial charge is 0.391 e. The van der Waals surface area contributed by atoms with Gasteiger partial charge in [0.05, 0.1) is 5.92 Å². The third-order valence-electron chi connectivity index (χ3n) is 5.69. The van der Waals surface area contributed by atoms with Gasteiger partial charge in [-0.05, 0) is 57.4 Å². The number of halogens is 3. The van der Waals surface area contributed by atoms with Gasteiger partial charge in [0, 0.05) is 25.0 Å². The Labute approximate surface area is 136 Å². The molecule has 0 aromatic carbocycles. The molecule has 3 nitrogen and oxygen atoms in total. The standard InChI is InChI=1S/C17H27F3N2O/c18-17(19,20)14-3-1-2-13(10-14)16(23)22-8-6-15(7-9-22)21-11-12-4-5-12/h12-15,21H,1-11H2. The van der Waals surface area contributed by atoms with E-state index in [-0.39, 0.29) is 18.7 Å². The molecule has 6 heteroatoms. The molecule has 3 rings (SSSR count). The van der Waals surface area contributed by atoms with Crippen LogP contribution in [-0.2, 0) is 4.79 Å². The van der Waals surface area contributed by atoms with Gasteiger partial charge in [0.1, 0.15) is 0 Å². The lowest BCUT2D eigenvalue weighted by Crippen LogP contribution is -2.48. The van der Waals surface area contributed by atoms with Gasteiger partial charge >= 0.3 is 6.18 Å². The van der Waals surface area contributed by atoms with Crippen LogP contribution in [0.1, 0.15) is 51.4 Å². The van der Waals surface area contributed by atoms with Crippen molar-refractivity contribution in [2.75, 3.05) is 19.6 Å². The average Bonchev–Trinajstić information content (AvgIpc) is 3.36. The van der Waals surface area contributed by atoms with Crippen molar-refractivity contribution in [2.45, 2.75) is 63.6 Å². The molecule has 2 saturated carbocycles. The first-order valence-corrected chi connectivity index (χ1v) is 9.02. The zero-order chi connectivity index (χ0) is 16.4. The van der Waals surface area contributed by atoms with Crippen LogP contribution in [0.3, 0.4) is 0 Å². The number of rotatable bonds is 4. The molecule has 0 aromatic heterocycles. The number of likely N-dealkylation sites (tertiary alicyclic amines) is 1. The summed E-state index contributed by atoms with van der Waals surface area (Å²) in [4.78, 5) is 14.4. The van der Waals surface area contributed by atoms with Crippen LogP contribution in [0, 0.1) is 17.8 Å². The van der Waals surface area contributed by atoms with E-state index in [1.54, 1.807) is 4.90 Å². The van der Waals surface area contributed by atoms with E-state index in [9.17, 15) is 18.0 Å². The lowest BCUT2D eigenvalue weighted by Gasteiger charge is -2.37. The van der Waals surface area contributed by atoms with Crippen molar-refractivity contribution in [1.82, 2.24) is 10.2 Å². The Morgan fingerprint density at radius 1 is 1.04 bits per heavy atom. The van der Waals surface area contributed by atoms with Gasteiger partial charge in [-0.15, -0.1) is 0 Å². The van der Waals surface area contributed by atoms with Crippen LogP contribution < -0.4 is 5.32 Å². The Morgan fingerprint density at radius 2 is 1.74 bits per heavy atom. The van der Waals surface area contributed by atoms with Gasteiger partial charge < -0.3 is 10.2 Å². The molecule has 1 amide bonds. The van der Waals surface area contributed by atoms with Crippen LogP contribution in [0.15, 0.2) is 0 Å². The van der Waals surface area contributed by atoms with Crippen LogP contribution >= 0.6 is 0 Å². The van der Waals surface area contributed by atoms with E-state index in [0.29, 0.717) is 32.0 Å². The molecule has 23 heavy (non-hydrogen) atoms. The molecule has 1 aliphatic heterocycles. The average molecular weight is 332 g/mol. The highest BCUT2D eigenvalue weighted by atomic mass is 19.4. The number of carbonyl (C=O) groups is 1. The monoisotopic (exact) mass is 332 g/mol. The highest BCUT2D eigenvalue weighted by molar-refractivity contribution is 5.79. The first kappa shape index (κ1) is 17.1. The number of amides is 1. The number of alkyl halides is 3. The maximum absolute atomic E-state index is 12.9. The molecule has 1 heterocycles. The van der Waals surface area contributed by atoms with Crippen molar-refractivity contribution < 1.29 is 18.0 Å². The summed E-state index contributed by atoms with van der Waals surface area (Å²) in [6.07, 6.45) is 1.65. The molecule has 1 N–H and O–H groups in total. The summed E-state index contributed by atoms with van der Waals surface area (Å²) in [5.74, 6) is -0.912. The van der Waals surface area contributed by atoms with Crippen LogP contribution in [0.2, 0.25) is 0 Å². The molecule has 0 spiro atoms. The number of hydrogen-bond acceptors (Lipinski definition) is 2. The van der Waals surface area contributed by atoms with Gasteiger partial charge in [-0.1, -0.05) is 6.42 Å². The highest BCUT2D eigenvalue weighted by Crippen LogP contribution is 2.40. The van der Waals surface area contributed by atoms with Crippen molar-refractivity contribution >= 4 is 5.91 Å². The Hall–Kier alpha value is -0.780. The Bertz CT molecular complexity index is 415. The molecule has 0 aromatic rings. The van der Waals surface area contributed by atoms with E-state index in [1.165, 1.54) is 12.8 Å². The van der Waals surface area contributed by atoms with Crippen molar-refractivity contribution in [2.24, 2.45) is 17.8 Å². The Balaban J connectivity index is 1.44. The second-order valence-corrected chi connectivity index (χ2v) is 7.55. The van der Waals surface area contributed by atoms with Crippen molar-refractivity contribution in [3.05, 3.63) is 0 Å². The van der Waals surface area contributed by atoms with E-state index in [1.807, 2.05) is 0 Å². The second kappa shape index (κ2) is 6.99. The van der Waals surface area contributed by atoms with Crippen LogP contribution in [0.4, 0.5) is 13.2 Å². The van der Waals surface area contributed by atoms with E-state index in [4.69, 9.17) is 0 Å². The highest BCUT2D eigenvalue weighted by Gasteiger charge is 2.44. The van der Waals surface area contributed by atoms with Crippen LogP contribution in [-0.4, -0.2) is 42.7 Å². The lowest BCUT2D eigenvalue weighted by atomic mass is 9.80. The predicted molar refractivity (Wildman–Crippen MR) is 81.8 cm³/mol. The minimum atomic E-state index is -4.15. The second-order valence-electron chi connectivity index (χ2n) is 7.55. The maximum atomic E-state index is 12.9. The van der Waals surface area contributed by atoms with Gasteiger partial charge in [-0.2, -0.15) is 13.2 Å². The first-order valence-electron chi connectivity index (χ1n) is 9.02. The van der Waals surface area contributed by atoms with E-state index in [2.05, 4.69) is 5.32 Å². The van der Waals surface area contributed by atoms with Gasteiger partial charge in [-0.25, -0.2) is 0 Å². The summed E-state index contributed by atoms with van der Waals surface area (Å²) < 4.78 is 38.7. The Kier molecular flexibility index (Phi) is 5.19. The molecule has 2 aliphatic carbocycles. The maximum Gasteiger partial charge on any atom is 0.391 e. The fourth-order valence-electron chi connectivity index (χ4n) is 3.93. The zero-order valence-corrected chi connectivity index (χ0v) is 13.6. The molecule has 2 unspecified atom stereocenters. The minimum Gasteiger partial charge on any atom is -0.342 e. The number of piperidine rings is 1. The quantitative estimate of drug-likeness (QED) is 0.856. The minimum absolute atomic E-state index is 0.0117. The number of hydrogen-bond donors (Lipinski definition) is 1. The van der Waals surface area contributed by atoms with Crippen LogP contribution in [0.5, 0.6) is 0 Å². The third kappa shape index (κ3) is 4.61. The van der Waals surface area contributed by atoms with Gasteiger partial charge in [0.15, 0.2) is 0 Å². The molecule has 0 bridgehead atoms. The number of nitrogens with one attached hydrogen (secondary N) is 1. The summed E-state index contributed by atoms with van der Waals surface area (Å²) in [5, 5.41) is 3.56. The fourth-order valence-corrected chi connectivity index (χ4v) is 3.93. The smallest absolute Gasteiger partial charge is 0.342 e. The molecule has 0 radical (unpaired) electrons. The van der Waals surface area contributed by atoms with E-state index < -0.39 is 18.0 Å². The summed E-state index contributed by atoms with van der Waals surface area (Å²) >= 11 is 0. The normalized spacial score (nSPS) is 30.5. The zero-order valence-electron chi connectivity index (χ0n) is 13.6. The molecule has 3 aliphatic rings. The summed E-state index contributed by atoms with van der Waals surface area (Å²) in [6, 6.07) is 0.467. The van der Waals surface area contributed by atoms with Crippen molar-refractivity contribution in [1.29, 1.82) is 0 Å². The Morgan fingerprint density at radius 3 is 2.35 bits per heavy atom. The van der Waals surface area contributed by atoms with E-state index in [0.717, 1.165) is 25.3 Å². The molecular weight excluding hydrogens is 305 g/mol. The summed E-state index contributed by atoms with van der Waals surface area (Å²) in [6.45, 7) is 2.46. The third-order valence-corrected chi connectivity index (χ3v) is 5.69. The molecular formula is C17H27F3N2O. The molecule has 132 valence electrons. The molecule has 2 atom stereocenters.